The largest absolute Gasteiger partial charge is 0.493 e. The molecule has 0 saturated carbocycles. The van der Waals surface area contributed by atoms with Crippen LogP contribution >= 0.6 is 0 Å². The summed E-state index contributed by atoms with van der Waals surface area (Å²) in [5, 5.41) is 4.21. The molecule has 50 heavy (non-hydrogen) atoms. The highest BCUT2D eigenvalue weighted by Gasteiger charge is 2.25. The van der Waals surface area contributed by atoms with E-state index in [2.05, 4.69) is 91.8 Å². The monoisotopic (exact) mass is 691 g/mol. The molecule has 0 aliphatic rings. The van der Waals surface area contributed by atoms with Crippen LogP contribution in [0.1, 0.15) is 158 Å². The summed E-state index contributed by atoms with van der Waals surface area (Å²) in [4.78, 5) is 0. The van der Waals surface area contributed by atoms with Gasteiger partial charge in [-0.3, -0.25) is 0 Å². The molecular formula is C46H74O4. The fourth-order valence-corrected chi connectivity index (χ4v) is 7.11. The van der Waals surface area contributed by atoms with Crippen molar-refractivity contribution in [2.45, 2.75) is 158 Å². The van der Waals surface area contributed by atoms with Gasteiger partial charge < -0.3 is 18.9 Å². The lowest BCUT2D eigenvalue weighted by molar-refractivity contribution is 0.223. The summed E-state index contributed by atoms with van der Waals surface area (Å²) in [6.07, 6.45) is 18.9. The van der Waals surface area contributed by atoms with Gasteiger partial charge in [0.2, 0.25) is 0 Å². The van der Waals surface area contributed by atoms with Crippen LogP contribution in [-0.2, 0) is 0 Å². The van der Waals surface area contributed by atoms with Gasteiger partial charge in [0, 0.05) is 10.8 Å². The molecule has 0 N–H and O–H groups in total. The van der Waals surface area contributed by atoms with Crippen molar-refractivity contribution in [3.05, 3.63) is 36.4 Å². The van der Waals surface area contributed by atoms with Gasteiger partial charge in [0.1, 0.15) is 23.0 Å². The number of hydrogen-bond acceptors (Lipinski definition) is 4. The minimum Gasteiger partial charge on any atom is -0.493 e. The van der Waals surface area contributed by atoms with Gasteiger partial charge in [-0.05, 0) is 61.5 Å². The molecule has 0 aliphatic heterocycles. The first-order valence-electron chi connectivity index (χ1n) is 21.0. The molecular weight excluding hydrogens is 617 g/mol. The summed E-state index contributed by atoms with van der Waals surface area (Å²) < 4.78 is 27.8. The average Bonchev–Trinajstić information content (AvgIpc) is 3.15. The Hall–Kier alpha value is -2.62. The van der Waals surface area contributed by atoms with Crippen LogP contribution < -0.4 is 18.9 Å². The van der Waals surface area contributed by atoms with E-state index >= 15 is 0 Å². The van der Waals surface area contributed by atoms with Gasteiger partial charge in [-0.2, -0.15) is 0 Å². The van der Waals surface area contributed by atoms with E-state index in [1.807, 2.05) is 0 Å². The minimum absolute atomic E-state index is 0.509. The number of unbranched alkanes of at least 4 members (excludes halogenated alkanes) is 4. The predicted octanol–water partition coefficient (Wildman–Crippen LogP) is 14.4. The average molecular weight is 691 g/mol. The van der Waals surface area contributed by atoms with Gasteiger partial charge in [0.15, 0.2) is 0 Å². The van der Waals surface area contributed by atoms with Gasteiger partial charge in [-0.15, -0.1) is 0 Å². The van der Waals surface area contributed by atoms with Crippen LogP contribution in [0.15, 0.2) is 36.4 Å². The van der Waals surface area contributed by atoms with Crippen molar-refractivity contribution in [1.29, 1.82) is 0 Å². The van der Waals surface area contributed by atoms with Gasteiger partial charge >= 0.3 is 0 Å². The molecule has 0 aliphatic carbocycles. The topological polar surface area (TPSA) is 36.9 Å². The second kappa shape index (κ2) is 23.8. The van der Waals surface area contributed by atoms with E-state index in [9.17, 15) is 0 Å². The first-order valence-corrected chi connectivity index (χ1v) is 21.0. The first-order chi connectivity index (χ1) is 24.5. The summed E-state index contributed by atoms with van der Waals surface area (Å²) >= 11 is 0. The maximum absolute atomic E-state index is 7.04. The van der Waals surface area contributed by atoms with Crippen molar-refractivity contribution >= 4 is 21.5 Å². The van der Waals surface area contributed by atoms with E-state index in [-0.39, 0.29) is 0 Å². The third-order valence-electron chi connectivity index (χ3n) is 11.0. The fourth-order valence-electron chi connectivity index (χ4n) is 7.11. The normalized spacial score (nSPS) is 14.1. The Kier molecular flexibility index (Phi) is 19.9. The Labute approximate surface area is 307 Å². The Bertz CT molecular complexity index is 1250. The van der Waals surface area contributed by atoms with Crippen LogP contribution in [0.5, 0.6) is 23.0 Å². The highest BCUT2D eigenvalue weighted by atomic mass is 16.5. The zero-order valence-corrected chi connectivity index (χ0v) is 33.5. The van der Waals surface area contributed by atoms with Crippen LogP contribution in [0.2, 0.25) is 0 Å². The molecule has 0 amide bonds. The molecule has 282 valence electrons. The second-order valence-electron chi connectivity index (χ2n) is 14.9. The molecule has 4 heteroatoms. The lowest BCUT2D eigenvalue weighted by Crippen LogP contribution is -2.15. The number of hydrogen-bond donors (Lipinski definition) is 0. The van der Waals surface area contributed by atoms with Crippen molar-refractivity contribution < 1.29 is 18.9 Å². The predicted molar refractivity (Wildman–Crippen MR) is 217 cm³/mol. The minimum atomic E-state index is 0.509. The third kappa shape index (κ3) is 12.3. The van der Waals surface area contributed by atoms with E-state index in [4.69, 9.17) is 18.9 Å². The van der Waals surface area contributed by atoms with Gasteiger partial charge in [0.05, 0.1) is 37.2 Å². The molecule has 4 nitrogen and oxygen atoms in total. The Morgan fingerprint density at radius 2 is 0.700 bits per heavy atom. The van der Waals surface area contributed by atoms with E-state index < -0.39 is 0 Å². The van der Waals surface area contributed by atoms with Crippen LogP contribution in [0.25, 0.3) is 21.5 Å². The summed E-state index contributed by atoms with van der Waals surface area (Å²) in [7, 11) is 0. The molecule has 4 atom stereocenters. The van der Waals surface area contributed by atoms with E-state index in [0.29, 0.717) is 50.1 Å². The zero-order valence-electron chi connectivity index (χ0n) is 33.5. The van der Waals surface area contributed by atoms with Gasteiger partial charge in [-0.25, -0.2) is 0 Å². The molecule has 0 saturated heterocycles. The number of rotatable bonds is 28. The maximum Gasteiger partial charge on any atom is 0.139 e. The van der Waals surface area contributed by atoms with Crippen LogP contribution in [-0.4, -0.2) is 26.4 Å². The molecule has 0 bridgehead atoms. The number of benzene rings is 3. The molecule has 3 rings (SSSR count). The molecule has 4 unspecified atom stereocenters. The van der Waals surface area contributed by atoms with Crippen molar-refractivity contribution in [3.63, 3.8) is 0 Å². The van der Waals surface area contributed by atoms with Crippen molar-refractivity contribution in [2.24, 2.45) is 23.7 Å². The van der Waals surface area contributed by atoms with Crippen LogP contribution in [0.4, 0.5) is 0 Å². The van der Waals surface area contributed by atoms with Crippen molar-refractivity contribution in [2.75, 3.05) is 26.4 Å². The summed E-state index contributed by atoms with van der Waals surface area (Å²) in [5.41, 5.74) is 0. The SMILES string of the molecule is CCCCC(CC)COc1ccc(OCC(CC)CCCC)c2c(OCC(CC)CCCC)c3ccccc3c(OCC(CC)CCCC)c12. The first kappa shape index (κ1) is 41.8. The summed E-state index contributed by atoms with van der Waals surface area (Å²) in [5.74, 6) is 5.65. The van der Waals surface area contributed by atoms with E-state index in [1.165, 1.54) is 77.0 Å². The maximum atomic E-state index is 7.04. The highest BCUT2D eigenvalue weighted by Crippen LogP contribution is 2.51. The Morgan fingerprint density at radius 3 is 0.980 bits per heavy atom. The van der Waals surface area contributed by atoms with Crippen LogP contribution in [0.3, 0.4) is 0 Å². The molecule has 3 aromatic rings. The van der Waals surface area contributed by atoms with Gasteiger partial charge in [0.25, 0.3) is 0 Å². The smallest absolute Gasteiger partial charge is 0.139 e. The molecule has 0 fully saturated rings. The number of ether oxygens (including phenoxy) is 4. The number of fused-ring (bicyclic) bond motifs is 2. The lowest BCUT2D eigenvalue weighted by Gasteiger charge is -2.25. The molecule has 3 aromatic carbocycles. The summed E-state index contributed by atoms with van der Waals surface area (Å²) in [6, 6.07) is 13.0. The van der Waals surface area contributed by atoms with Crippen molar-refractivity contribution in [1.82, 2.24) is 0 Å². The Morgan fingerprint density at radius 1 is 0.400 bits per heavy atom. The molecule has 0 spiro atoms. The second-order valence-corrected chi connectivity index (χ2v) is 14.9. The molecule has 0 aromatic heterocycles. The Balaban J connectivity index is 2.28. The highest BCUT2D eigenvalue weighted by molar-refractivity contribution is 6.15. The molecule has 0 radical (unpaired) electrons. The summed E-state index contributed by atoms with van der Waals surface area (Å²) in [6.45, 7) is 21.1. The standard InChI is InChI=1S/C46H74O4/c1-9-17-23-35(13-5)31-47-41-29-30-42(48-32-36(14-6)24-18-10-2)44-43(41)45(49-33-37(15-7)25-19-11-3)39-27-21-22-28-40(39)46(44)50-34-38(16-8)26-20-12-4/h21-22,27-30,35-38H,9-20,23-26,31-34H2,1-8H3. The van der Waals surface area contributed by atoms with Crippen molar-refractivity contribution in [3.8, 4) is 23.0 Å². The quantitative estimate of drug-likeness (QED) is 0.0711. The zero-order chi connectivity index (χ0) is 36.1. The van der Waals surface area contributed by atoms with E-state index in [0.717, 1.165) is 70.2 Å². The van der Waals surface area contributed by atoms with Crippen LogP contribution in [0, 0.1) is 23.7 Å². The van der Waals surface area contributed by atoms with Gasteiger partial charge in [-0.1, -0.05) is 157 Å². The molecule has 0 heterocycles. The lowest BCUT2D eigenvalue weighted by atomic mass is 9.97. The fraction of sp³-hybridized carbons (Fsp3) is 0.696. The third-order valence-corrected chi connectivity index (χ3v) is 11.0. The van der Waals surface area contributed by atoms with E-state index in [1.54, 1.807) is 0 Å².